The van der Waals surface area contributed by atoms with Gasteiger partial charge < -0.3 is 24.3 Å². The summed E-state index contributed by atoms with van der Waals surface area (Å²) in [7, 11) is 4.82. The van der Waals surface area contributed by atoms with Gasteiger partial charge in [0.15, 0.2) is 11.5 Å². The lowest BCUT2D eigenvalue weighted by molar-refractivity contribution is 0.288. The van der Waals surface area contributed by atoms with Gasteiger partial charge in [0.05, 0.1) is 33.6 Å². The van der Waals surface area contributed by atoms with E-state index in [1.165, 1.54) is 0 Å². The van der Waals surface area contributed by atoms with E-state index >= 15 is 0 Å². The van der Waals surface area contributed by atoms with E-state index < -0.39 is 0 Å². The average molecular weight is 381 g/mol. The van der Waals surface area contributed by atoms with Crippen molar-refractivity contribution < 1.29 is 18.9 Å². The summed E-state index contributed by atoms with van der Waals surface area (Å²) in [6.45, 7) is 2.42. The minimum Gasteiger partial charge on any atom is -0.497 e. The van der Waals surface area contributed by atoms with E-state index in [0.717, 1.165) is 22.7 Å². The third-order valence-electron chi connectivity index (χ3n) is 4.03. The maximum atomic E-state index is 5.66. The Bertz CT molecular complexity index is 921. The number of anilines is 2. The smallest absolute Gasteiger partial charge is 0.227 e. The summed E-state index contributed by atoms with van der Waals surface area (Å²) in [4.78, 5) is 8.90. The SMILES string of the molecule is CCOc1c(OC)cc(-c2ccnc(Nc3cccc(OC)c3)n2)cc1OC. The maximum absolute atomic E-state index is 5.66. The van der Waals surface area contributed by atoms with Crippen LogP contribution >= 0.6 is 0 Å². The van der Waals surface area contributed by atoms with Crippen LogP contribution in [0.4, 0.5) is 11.6 Å². The molecule has 0 atom stereocenters. The van der Waals surface area contributed by atoms with E-state index in [4.69, 9.17) is 18.9 Å². The van der Waals surface area contributed by atoms with Gasteiger partial charge in [-0.15, -0.1) is 0 Å². The molecule has 28 heavy (non-hydrogen) atoms. The lowest BCUT2D eigenvalue weighted by Crippen LogP contribution is -2.01. The molecule has 0 saturated carbocycles. The number of aromatic nitrogens is 2. The summed E-state index contributed by atoms with van der Waals surface area (Å²) in [6, 6.07) is 13.1. The second-order valence-corrected chi connectivity index (χ2v) is 5.77. The van der Waals surface area contributed by atoms with Gasteiger partial charge >= 0.3 is 0 Å². The first-order valence-electron chi connectivity index (χ1n) is 8.81. The maximum Gasteiger partial charge on any atom is 0.227 e. The van der Waals surface area contributed by atoms with Crippen molar-refractivity contribution in [1.29, 1.82) is 0 Å². The molecule has 1 heterocycles. The van der Waals surface area contributed by atoms with Gasteiger partial charge in [0.25, 0.3) is 0 Å². The number of methoxy groups -OCH3 is 3. The van der Waals surface area contributed by atoms with Crippen molar-refractivity contribution in [1.82, 2.24) is 9.97 Å². The molecular weight excluding hydrogens is 358 g/mol. The van der Waals surface area contributed by atoms with Crippen molar-refractivity contribution >= 4 is 11.6 Å². The monoisotopic (exact) mass is 381 g/mol. The van der Waals surface area contributed by atoms with Gasteiger partial charge in [0.1, 0.15) is 5.75 Å². The molecule has 1 aromatic heterocycles. The number of benzene rings is 2. The predicted molar refractivity (Wildman–Crippen MR) is 108 cm³/mol. The first kappa shape index (κ1) is 19.3. The van der Waals surface area contributed by atoms with Crippen LogP contribution in [-0.2, 0) is 0 Å². The fraction of sp³-hybridized carbons (Fsp3) is 0.238. The van der Waals surface area contributed by atoms with Gasteiger partial charge in [-0.1, -0.05) is 6.07 Å². The highest BCUT2D eigenvalue weighted by atomic mass is 16.5. The first-order valence-corrected chi connectivity index (χ1v) is 8.81. The first-order chi connectivity index (χ1) is 13.7. The Balaban J connectivity index is 1.95. The van der Waals surface area contributed by atoms with Crippen LogP contribution in [0.25, 0.3) is 11.3 Å². The molecule has 1 N–H and O–H groups in total. The average Bonchev–Trinajstić information content (AvgIpc) is 2.74. The minimum absolute atomic E-state index is 0.470. The normalized spacial score (nSPS) is 10.3. The summed E-state index contributed by atoms with van der Waals surface area (Å²) in [5.74, 6) is 2.95. The van der Waals surface area contributed by atoms with Crippen molar-refractivity contribution in [3.63, 3.8) is 0 Å². The molecule has 0 aliphatic heterocycles. The third kappa shape index (κ3) is 4.25. The lowest BCUT2D eigenvalue weighted by atomic mass is 10.1. The highest BCUT2D eigenvalue weighted by Crippen LogP contribution is 2.41. The molecule has 7 heteroatoms. The molecule has 0 radical (unpaired) electrons. The molecule has 0 saturated heterocycles. The van der Waals surface area contributed by atoms with Gasteiger partial charge in [-0.2, -0.15) is 0 Å². The van der Waals surface area contributed by atoms with Crippen molar-refractivity contribution in [3.8, 4) is 34.3 Å². The Morgan fingerprint density at radius 1 is 0.929 bits per heavy atom. The number of hydrogen-bond donors (Lipinski definition) is 1. The fourth-order valence-electron chi connectivity index (χ4n) is 2.72. The number of rotatable bonds is 8. The third-order valence-corrected chi connectivity index (χ3v) is 4.03. The Morgan fingerprint density at radius 2 is 1.68 bits per heavy atom. The van der Waals surface area contributed by atoms with E-state index in [1.54, 1.807) is 27.5 Å². The highest BCUT2D eigenvalue weighted by Gasteiger charge is 2.15. The molecule has 0 unspecified atom stereocenters. The quantitative estimate of drug-likeness (QED) is 0.623. The Labute approximate surface area is 164 Å². The van der Waals surface area contributed by atoms with Crippen LogP contribution in [0.1, 0.15) is 6.92 Å². The van der Waals surface area contributed by atoms with Crippen LogP contribution in [0, 0.1) is 0 Å². The predicted octanol–water partition coefficient (Wildman–Crippen LogP) is 4.31. The zero-order valence-electron chi connectivity index (χ0n) is 16.4. The van der Waals surface area contributed by atoms with Crippen LogP contribution < -0.4 is 24.3 Å². The molecule has 0 aliphatic carbocycles. The van der Waals surface area contributed by atoms with Crippen molar-refractivity contribution in [2.45, 2.75) is 6.92 Å². The van der Waals surface area contributed by atoms with E-state index in [-0.39, 0.29) is 0 Å². The summed E-state index contributed by atoms with van der Waals surface area (Å²) in [5.41, 5.74) is 2.38. The van der Waals surface area contributed by atoms with E-state index in [1.807, 2.05) is 49.4 Å². The summed E-state index contributed by atoms with van der Waals surface area (Å²) >= 11 is 0. The topological polar surface area (TPSA) is 74.7 Å². The Morgan fingerprint density at radius 3 is 2.32 bits per heavy atom. The zero-order valence-corrected chi connectivity index (χ0v) is 16.4. The Kier molecular flexibility index (Phi) is 6.16. The van der Waals surface area contributed by atoms with Crippen molar-refractivity contribution in [2.24, 2.45) is 0 Å². The Hall–Kier alpha value is -3.48. The van der Waals surface area contributed by atoms with Gasteiger partial charge in [0.2, 0.25) is 11.7 Å². The molecular formula is C21H23N3O4. The molecule has 0 amide bonds. The van der Waals surface area contributed by atoms with Gasteiger partial charge in [-0.05, 0) is 37.3 Å². The molecule has 2 aromatic carbocycles. The second-order valence-electron chi connectivity index (χ2n) is 5.77. The number of hydrogen-bond acceptors (Lipinski definition) is 7. The van der Waals surface area contributed by atoms with Crippen LogP contribution in [0.3, 0.4) is 0 Å². The minimum atomic E-state index is 0.470. The van der Waals surface area contributed by atoms with E-state index in [9.17, 15) is 0 Å². The summed E-state index contributed by atoms with van der Waals surface area (Å²) in [6.07, 6.45) is 1.69. The standard InChI is InChI=1S/C21H23N3O4/c1-5-28-20-18(26-3)11-14(12-19(20)27-4)17-9-10-22-21(24-17)23-15-7-6-8-16(13-15)25-2/h6-13H,5H2,1-4H3,(H,22,23,24). The van der Waals surface area contributed by atoms with E-state index in [0.29, 0.717) is 29.8 Å². The van der Waals surface area contributed by atoms with Crippen LogP contribution in [0.5, 0.6) is 23.0 Å². The highest BCUT2D eigenvalue weighted by molar-refractivity contribution is 5.69. The van der Waals surface area contributed by atoms with Gasteiger partial charge in [-0.3, -0.25) is 0 Å². The zero-order chi connectivity index (χ0) is 19.9. The summed E-state index contributed by atoms with van der Waals surface area (Å²) in [5, 5.41) is 3.19. The van der Waals surface area contributed by atoms with Crippen LogP contribution in [-0.4, -0.2) is 37.9 Å². The van der Waals surface area contributed by atoms with Crippen molar-refractivity contribution in [2.75, 3.05) is 33.3 Å². The molecule has 0 spiro atoms. The second kappa shape index (κ2) is 8.94. The fourth-order valence-corrected chi connectivity index (χ4v) is 2.72. The van der Waals surface area contributed by atoms with E-state index in [2.05, 4.69) is 15.3 Å². The lowest BCUT2D eigenvalue weighted by Gasteiger charge is -2.15. The molecule has 7 nitrogen and oxygen atoms in total. The van der Waals surface area contributed by atoms with Crippen LogP contribution in [0.15, 0.2) is 48.7 Å². The van der Waals surface area contributed by atoms with Gasteiger partial charge in [0, 0.05) is 23.5 Å². The molecule has 0 fully saturated rings. The molecule has 0 aliphatic rings. The number of nitrogens with one attached hydrogen (secondary N) is 1. The van der Waals surface area contributed by atoms with Crippen LogP contribution in [0.2, 0.25) is 0 Å². The largest absolute Gasteiger partial charge is 0.497 e. The number of nitrogens with zero attached hydrogens (tertiary/aromatic N) is 2. The summed E-state index contributed by atoms with van der Waals surface area (Å²) < 4.78 is 21.9. The molecule has 3 aromatic rings. The molecule has 146 valence electrons. The van der Waals surface area contributed by atoms with Crippen molar-refractivity contribution in [3.05, 3.63) is 48.7 Å². The number of ether oxygens (including phenoxy) is 4. The molecule has 0 bridgehead atoms. The molecule has 3 rings (SSSR count). The van der Waals surface area contributed by atoms with Gasteiger partial charge in [-0.25, -0.2) is 9.97 Å².